The van der Waals surface area contributed by atoms with E-state index in [0.717, 1.165) is 6.61 Å². The standard InChI is InChI=1S/C16H17NO/c1-3-18-16-12-8-4-6-10-14(12)17(2)15-11-7-5-9-13(15)16/h4-11,16H,3H2,1-2H3. The summed E-state index contributed by atoms with van der Waals surface area (Å²) in [5.41, 5.74) is 4.96. The van der Waals surface area contributed by atoms with Crippen molar-refractivity contribution in [3.8, 4) is 0 Å². The SMILES string of the molecule is CCOC1c2ccccc2N(C)c2ccccc21. The van der Waals surface area contributed by atoms with Gasteiger partial charge in [-0.2, -0.15) is 0 Å². The van der Waals surface area contributed by atoms with Gasteiger partial charge in [-0.15, -0.1) is 0 Å². The first-order valence-electron chi connectivity index (χ1n) is 6.36. The second kappa shape index (κ2) is 4.46. The molecule has 0 saturated heterocycles. The van der Waals surface area contributed by atoms with Gasteiger partial charge in [-0.3, -0.25) is 0 Å². The lowest BCUT2D eigenvalue weighted by Gasteiger charge is -2.35. The van der Waals surface area contributed by atoms with E-state index < -0.39 is 0 Å². The van der Waals surface area contributed by atoms with Crippen LogP contribution in [0.5, 0.6) is 0 Å². The molecule has 0 aromatic heterocycles. The van der Waals surface area contributed by atoms with Crippen LogP contribution >= 0.6 is 0 Å². The van der Waals surface area contributed by atoms with Crippen LogP contribution in [-0.4, -0.2) is 13.7 Å². The molecular formula is C16H17NO. The second-order valence-corrected chi connectivity index (χ2v) is 4.51. The maximum atomic E-state index is 5.96. The number of hydrogen-bond donors (Lipinski definition) is 0. The van der Waals surface area contributed by atoms with Crippen molar-refractivity contribution in [1.82, 2.24) is 0 Å². The van der Waals surface area contributed by atoms with Gasteiger partial charge in [0, 0.05) is 36.2 Å². The van der Waals surface area contributed by atoms with Gasteiger partial charge in [-0.1, -0.05) is 36.4 Å². The normalized spacial score (nSPS) is 14.2. The van der Waals surface area contributed by atoms with Crippen LogP contribution in [0, 0.1) is 0 Å². The van der Waals surface area contributed by atoms with E-state index in [1.165, 1.54) is 22.5 Å². The summed E-state index contributed by atoms with van der Waals surface area (Å²) in [4.78, 5) is 2.24. The number of rotatable bonds is 2. The van der Waals surface area contributed by atoms with Crippen LogP contribution in [0.3, 0.4) is 0 Å². The highest BCUT2D eigenvalue weighted by atomic mass is 16.5. The van der Waals surface area contributed by atoms with Gasteiger partial charge >= 0.3 is 0 Å². The van der Waals surface area contributed by atoms with Crippen molar-refractivity contribution in [2.45, 2.75) is 13.0 Å². The summed E-state index contributed by atoms with van der Waals surface area (Å²) in [5, 5.41) is 0. The molecule has 0 saturated carbocycles. The van der Waals surface area contributed by atoms with E-state index in [1.54, 1.807) is 0 Å². The van der Waals surface area contributed by atoms with E-state index in [4.69, 9.17) is 4.74 Å². The molecule has 1 aliphatic heterocycles. The molecule has 0 radical (unpaired) electrons. The van der Waals surface area contributed by atoms with Crippen LogP contribution < -0.4 is 4.90 Å². The van der Waals surface area contributed by atoms with Gasteiger partial charge < -0.3 is 9.64 Å². The number of para-hydroxylation sites is 2. The Morgan fingerprint density at radius 3 is 1.94 bits per heavy atom. The molecule has 18 heavy (non-hydrogen) atoms. The third kappa shape index (κ3) is 1.61. The molecule has 0 aliphatic carbocycles. The molecule has 92 valence electrons. The van der Waals surface area contributed by atoms with E-state index in [1.807, 2.05) is 6.92 Å². The first-order chi connectivity index (χ1) is 8.83. The zero-order valence-corrected chi connectivity index (χ0v) is 10.8. The Hall–Kier alpha value is -1.80. The highest BCUT2D eigenvalue weighted by molar-refractivity contribution is 5.74. The summed E-state index contributed by atoms with van der Waals surface area (Å²) in [6, 6.07) is 16.9. The highest BCUT2D eigenvalue weighted by Gasteiger charge is 2.28. The number of hydrogen-bond acceptors (Lipinski definition) is 2. The van der Waals surface area contributed by atoms with Crippen LogP contribution in [0.1, 0.15) is 24.2 Å². The average molecular weight is 239 g/mol. The molecule has 0 atom stereocenters. The number of fused-ring (bicyclic) bond motifs is 2. The minimum atomic E-state index is 0.0543. The Bertz CT molecular complexity index is 517. The topological polar surface area (TPSA) is 12.5 Å². The molecule has 2 nitrogen and oxygen atoms in total. The summed E-state index contributed by atoms with van der Waals surface area (Å²) in [5.74, 6) is 0. The lowest BCUT2D eigenvalue weighted by molar-refractivity contribution is 0.0909. The largest absolute Gasteiger partial charge is 0.369 e. The van der Waals surface area contributed by atoms with E-state index in [9.17, 15) is 0 Å². The Morgan fingerprint density at radius 1 is 0.944 bits per heavy atom. The fraction of sp³-hybridized carbons (Fsp3) is 0.250. The molecule has 0 amide bonds. The van der Waals surface area contributed by atoms with E-state index in [0.29, 0.717) is 0 Å². The molecule has 2 aromatic carbocycles. The molecule has 2 aromatic rings. The minimum absolute atomic E-state index is 0.0543. The molecule has 1 heterocycles. The van der Waals surface area contributed by atoms with Gasteiger partial charge in [0.1, 0.15) is 6.10 Å². The smallest absolute Gasteiger partial charge is 0.112 e. The third-order valence-corrected chi connectivity index (χ3v) is 3.49. The summed E-state index contributed by atoms with van der Waals surface area (Å²) in [6.45, 7) is 2.76. The van der Waals surface area contributed by atoms with E-state index >= 15 is 0 Å². The van der Waals surface area contributed by atoms with E-state index in [-0.39, 0.29) is 6.10 Å². The lowest BCUT2D eigenvalue weighted by atomic mass is 9.93. The van der Waals surface area contributed by atoms with Crippen molar-refractivity contribution in [1.29, 1.82) is 0 Å². The molecule has 1 aliphatic rings. The molecule has 0 fully saturated rings. The van der Waals surface area contributed by atoms with Crippen molar-refractivity contribution in [2.75, 3.05) is 18.6 Å². The van der Waals surface area contributed by atoms with Gasteiger partial charge in [-0.25, -0.2) is 0 Å². The Balaban J connectivity index is 2.20. The number of ether oxygens (including phenoxy) is 1. The van der Waals surface area contributed by atoms with Crippen molar-refractivity contribution < 1.29 is 4.74 Å². The maximum absolute atomic E-state index is 5.96. The zero-order chi connectivity index (χ0) is 12.5. The van der Waals surface area contributed by atoms with Crippen molar-refractivity contribution in [3.63, 3.8) is 0 Å². The Morgan fingerprint density at radius 2 is 1.44 bits per heavy atom. The number of benzene rings is 2. The predicted molar refractivity (Wildman–Crippen MR) is 74.4 cm³/mol. The third-order valence-electron chi connectivity index (χ3n) is 3.49. The van der Waals surface area contributed by atoms with Crippen LogP contribution in [0.25, 0.3) is 0 Å². The Kier molecular flexibility index (Phi) is 2.80. The van der Waals surface area contributed by atoms with Crippen LogP contribution in [-0.2, 0) is 4.74 Å². The first-order valence-corrected chi connectivity index (χ1v) is 6.36. The van der Waals surface area contributed by atoms with Gasteiger partial charge in [0.15, 0.2) is 0 Å². The van der Waals surface area contributed by atoms with Gasteiger partial charge in [0.2, 0.25) is 0 Å². The van der Waals surface area contributed by atoms with Crippen molar-refractivity contribution >= 4 is 11.4 Å². The molecule has 0 spiro atoms. The van der Waals surface area contributed by atoms with Gasteiger partial charge in [0.05, 0.1) is 0 Å². The Labute approximate surface area is 108 Å². The molecule has 2 heteroatoms. The van der Waals surface area contributed by atoms with E-state index in [2.05, 4.69) is 60.5 Å². The molecular weight excluding hydrogens is 222 g/mol. The minimum Gasteiger partial charge on any atom is -0.369 e. The quantitative estimate of drug-likeness (QED) is 0.788. The van der Waals surface area contributed by atoms with Gasteiger partial charge in [0.25, 0.3) is 0 Å². The summed E-state index contributed by atoms with van der Waals surface area (Å²) in [6.07, 6.45) is 0.0543. The van der Waals surface area contributed by atoms with Crippen LogP contribution in [0.4, 0.5) is 11.4 Å². The fourth-order valence-electron chi connectivity index (χ4n) is 2.67. The fourth-order valence-corrected chi connectivity index (χ4v) is 2.67. The molecule has 3 rings (SSSR count). The highest BCUT2D eigenvalue weighted by Crippen LogP contribution is 2.44. The average Bonchev–Trinajstić information content (AvgIpc) is 2.43. The molecule has 0 N–H and O–H groups in total. The first kappa shape index (κ1) is 11.3. The number of nitrogens with zero attached hydrogens (tertiary/aromatic N) is 1. The monoisotopic (exact) mass is 239 g/mol. The molecule has 0 unspecified atom stereocenters. The lowest BCUT2D eigenvalue weighted by Crippen LogP contribution is -2.22. The second-order valence-electron chi connectivity index (χ2n) is 4.51. The summed E-state index contributed by atoms with van der Waals surface area (Å²) < 4.78 is 5.96. The number of anilines is 2. The molecule has 0 bridgehead atoms. The maximum Gasteiger partial charge on any atom is 0.112 e. The summed E-state index contributed by atoms with van der Waals surface area (Å²) >= 11 is 0. The zero-order valence-electron chi connectivity index (χ0n) is 10.8. The van der Waals surface area contributed by atoms with Crippen molar-refractivity contribution in [3.05, 3.63) is 59.7 Å². The van der Waals surface area contributed by atoms with Gasteiger partial charge in [-0.05, 0) is 19.1 Å². The van der Waals surface area contributed by atoms with Crippen molar-refractivity contribution in [2.24, 2.45) is 0 Å². The summed E-state index contributed by atoms with van der Waals surface area (Å²) in [7, 11) is 2.11. The van der Waals surface area contributed by atoms with Crippen LogP contribution in [0.15, 0.2) is 48.5 Å². The van der Waals surface area contributed by atoms with Crippen LogP contribution in [0.2, 0.25) is 0 Å². The predicted octanol–water partition coefficient (Wildman–Crippen LogP) is 3.89.